The van der Waals surface area contributed by atoms with Crippen LogP contribution in [0.15, 0.2) is 0 Å². The number of phosphoric ester groups is 1. The van der Waals surface area contributed by atoms with Crippen molar-refractivity contribution >= 4 is 31.7 Å². The molecule has 2 aliphatic rings. The van der Waals surface area contributed by atoms with Gasteiger partial charge in [-0.3, -0.25) is 23.7 Å². The summed E-state index contributed by atoms with van der Waals surface area (Å²) >= 11 is 0. The first kappa shape index (κ1) is 23.2. The number of rotatable bonds is 7. The van der Waals surface area contributed by atoms with Gasteiger partial charge in [0.25, 0.3) is 0 Å². The molecule has 2 rings (SSSR count). The minimum absolute atomic E-state index is 0.475. The highest BCUT2D eigenvalue weighted by atomic mass is 31.2. The van der Waals surface area contributed by atoms with Crippen LogP contribution in [-0.2, 0) is 52.0 Å². The highest BCUT2D eigenvalue weighted by Gasteiger charge is 2.77. The topological polar surface area (TPSA) is 181 Å². The van der Waals surface area contributed by atoms with Crippen LogP contribution >= 0.6 is 7.82 Å². The Labute approximate surface area is 164 Å². The van der Waals surface area contributed by atoms with Crippen molar-refractivity contribution < 1.29 is 61.7 Å². The lowest BCUT2D eigenvalue weighted by Crippen LogP contribution is -2.65. The zero-order chi connectivity index (χ0) is 22.1. The fourth-order valence-corrected chi connectivity index (χ4v) is 3.98. The van der Waals surface area contributed by atoms with Crippen LogP contribution in [-0.4, -0.2) is 64.6 Å². The van der Waals surface area contributed by atoms with Gasteiger partial charge in [0, 0.05) is 27.7 Å². The third-order valence-corrected chi connectivity index (χ3v) is 4.75. The Kier molecular flexibility index (Phi) is 6.70. The lowest BCUT2D eigenvalue weighted by atomic mass is 9.89. The van der Waals surface area contributed by atoms with E-state index in [1.54, 1.807) is 0 Å². The summed E-state index contributed by atoms with van der Waals surface area (Å²) in [5.41, 5.74) is 0. The Bertz CT molecular complexity index is 744. The van der Waals surface area contributed by atoms with Crippen molar-refractivity contribution in [3.63, 3.8) is 0 Å². The molecule has 164 valence electrons. The van der Waals surface area contributed by atoms with Gasteiger partial charge in [-0.15, -0.1) is 0 Å². The molecule has 13 nitrogen and oxygen atoms in total. The Morgan fingerprint density at radius 2 is 1.48 bits per heavy atom. The average molecular weight is 440 g/mol. The molecule has 1 heterocycles. The SMILES string of the molecule is CC(=O)OCC1[C@@H](OC(C)=O)C(OC(C)=O)C2[C@H](OP(=O)(O)O)OC21OC(C)=O. The number of hydrogen-bond acceptors (Lipinski definition) is 11. The molecule has 0 radical (unpaired) electrons. The Hall–Kier alpha value is -2.05. The van der Waals surface area contributed by atoms with E-state index in [2.05, 4.69) is 4.52 Å². The van der Waals surface area contributed by atoms with Crippen LogP contribution in [0.2, 0.25) is 0 Å². The molecule has 0 aromatic rings. The number of esters is 4. The van der Waals surface area contributed by atoms with Crippen LogP contribution in [0.25, 0.3) is 0 Å². The second kappa shape index (κ2) is 8.36. The summed E-state index contributed by atoms with van der Waals surface area (Å²) in [5.74, 6) is -7.63. The molecule has 1 saturated heterocycles. The van der Waals surface area contributed by atoms with Crippen molar-refractivity contribution in [2.24, 2.45) is 11.8 Å². The van der Waals surface area contributed by atoms with E-state index in [0.717, 1.165) is 27.7 Å². The summed E-state index contributed by atoms with van der Waals surface area (Å²) in [6, 6.07) is 0. The first-order valence-corrected chi connectivity index (χ1v) is 9.89. The van der Waals surface area contributed by atoms with Gasteiger partial charge in [0.2, 0.25) is 5.79 Å². The van der Waals surface area contributed by atoms with Gasteiger partial charge in [-0.25, -0.2) is 4.57 Å². The van der Waals surface area contributed by atoms with Gasteiger partial charge in [0.1, 0.15) is 18.4 Å². The zero-order valence-corrected chi connectivity index (χ0v) is 16.8. The molecule has 6 atom stereocenters. The molecule has 0 aromatic carbocycles. The molecule has 2 N–H and O–H groups in total. The number of phosphoric acid groups is 1. The minimum atomic E-state index is -5.06. The summed E-state index contributed by atoms with van der Waals surface area (Å²) in [5, 5.41) is 0. The van der Waals surface area contributed by atoms with E-state index in [1.807, 2.05) is 0 Å². The maximum absolute atomic E-state index is 11.7. The first-order chi connectivity index (χ1) is 13.3. The molecular weight excluding hydrogens is 419 g/mol. The summed E-state index contributed by atoms with van der Waals surface area (Å²) < 4.78 is 41.8. The molecule has 0 bridgehead atoms. The van der Waals surface area contributed by atoms with Crippen LogP contribution in [0.1, 0.15) is 27.7 Å². The van der Waals surface area contributed by atoms with Crippen molar-refractivity contribution in [1.29, 1.82) is 0 Å². The monoisotopic (exact) mass is 440 g/mol. The smallest absolute Gasteiger partial charge is 0.465 e. The van der Waals surface area contributed by atoms with E-state index in [1.165, 1.54) is 0 Å². The van der Waals surface area contributed by atoms with Crippen LogP contribution in [0.4, 0.5) is 0 Å². The lowest BCUT2D eigenvalue weighted by Gasteiger charge is -2.50. The van der Waals surface area contributed by atoms with E-state index in [0.29, 0.717) is 0 Å². The fraction of sp³-hybridized carbons (Fsp3) is 0.733. The maximum Gasteiger partial charge on any atom is 0.471 e. The fourth-order valence-electron chi connectivity index (χ4n) is 3.54. The van der Waals surface area contributed by atoms with Gasteiger partial charge in [-0.1, -0.05) is 0 Å². The van der Waals surface area contributed by atoms with Crippen molar-refractivity contribution in [2.45, 2.75) is 52.0 Å². The average Bonchev–Trinajstić information content (AvgIpc) is 2.65. The van der Waals surface area contributed by atoms with Gasteiger partial charge in [0.05, 0.1) is 0 Å². The number of carbonyl (C=O) groups is 4. The zero-order valence-electron chi connectivity index (χ0n) is 15.9. The Morgan fingerprint density at radius 3 is 1.93 bits per heavy atom. The quantitative estimate of drug-likeness (QED) is 0.291. The second-order valence-corrected chi connectivity index (χ2v) is 7.67. The first-order valence-electron chi connectivity index (χ1n) is 8.36. The second-order valence-electron chi connectivity index (χ2n) is 6.48. The molecule has 14 heteroatoms. The van der Waals surface area contributed by atoms with Gasteiger partial charge in [0.15, 0.2) is 18.5 Å². The molecular formula is C15H21O13P. The maximum atomic E-state index is 11.7. The lowest BCUT2D eigenvalue weighted by molar-refractivity contribution is -0.423. The molecule has 4 unspecified atom stereocenters. The van der Waals surface area contributed by atoms with Crippen LogP contribution < -0.4 is 0 Å². The summed E-state index contributed by atoms with van der Waals surface area (Å²) in [6.07, 6.45) is -4.37. The third-order valence-electron chi connectivity index (χ3n) is 4.26. The van der Waals surface area contributed by atoms with E-state index >= 15 is 0 Å². The van der Waals surface area contributed by atoms with Gasteiger partial charge in [-0.05, 0) is 0 Å². The van der Waals surface area contributed by atoms with E-state index in [-0.39, 0.29) is 0 Å². The van der Waals surface area contributed by atoms with E-state index in [4.69, 9.17) is 33.5 Å². The number of carbonyl (C=O) groups excluding carboxylic acids is 4. The molecule has 0 amide bonds. The van der Waals surface area contributed by atoms with Crippen molar-refractivity contribution in [1.82, 2.24) is 0 Å². The number of fused-ring (bicyclic) bond motifs is 1. The molecule has 0 aromatic heterocycles. The molecule has 1 aliphatic carbocycles. The standard InChI is InChI=1S/C15H21O13P/c1-6(16)23-5-10-12(24-7(2)17)13(25-8(3)18)11-14(28-29(20,21)22)27-15(10,11)26-9(4)19/h10-14H,5H2,1-4H3,(H2,20,21,22)/t10?,11?,12-,13?,14+,15?/m1/s1. The van der Waals surface area contributed by atoms with Crippen molar-refractivity contribution in [2.75, 3.05) is 6.61 Å². The van der Waals surface area contributed by atoms with Gasteiger partial charge >= 0.3 is 31.7 Å². The predicted molar refractivity (Wildman–Crippen MR) is 87.2 cm³/mol. The summed E-state index contributed by atoms with van der Waals surface area (Å²) in [6.45, 7) is 3.79. The Morgan fingerprint density at radius 1 is 0.931 bits per heavy atom. The summed E-state index contributed by atoms with van der Waals surface area (Å²) in [7, 11) is -5.06. The van der Waals surface area contributed by atoms with Crippen LogP contribution in [0.5, 0.6) is 0 Å². The van der Waals surface area contributed by atoms with E-state index < -0.39 is 74.4 Å². The molecule has 1 aliphatic heterocycles. The molecule has 29 heavy (non-hydrogen) atoms. The number of hydrogen-bond donors (Lipinski definition) is 2. The highest BCUT2D eigenvalue weighted by Crippen LogP contribution is 2.60. The van der Waals surface area contributed by atoms with E-state index in [9.17, 15) is 23.7 Å². The van der Waals surface area contributed by atoms with Crippen LogP contribution in [0.3, 0.4) is 0 Å². The van der Waals surface area contributed by atoms with Crippen LogP contribution in [0, 0.1) is 11.8 Å². The highest BCUT2D eigenvalue weighted by molar-refractivity contribution is 7.46. The molecule has 1 saturated carbocycles. The normalized spacial score (nSPS) is 33.1. The summed E-state index contributed by atoms with van der Waals surface area (Å²) in [4.78, 5) is 64.4. The third kappa shape index (κ3) is 5.11. The van der Waals surface area contributed by atoms with Gasteiger partial charge < -0.3 is 33.5 Å². The number of ether oxygens (including phenoxy) is 5. The molecule has 0 spiro atoms. The Balaban J connectivity index is 2.51. The largest absolute Gasteiger partial charge is 0.471 e. The van der Waals surface area contributed by atoms with Gasteiger partial charge in [-0.2, -0.15) is 0 Å². The van der Waals surface area contributed by atoms with Crippen molar-refractivity contribution in [3.8, 4) is 0 Å². The predicted octanol–water partition coefficient (Wildman–Crippen LogP) is -0.616. The molecule has 2 fully saturated rings. The van der Waals surface area contributed by atoms with Crippen molar-refractivity contribution in [3.05, 3.63) is 0 Å². The minimum Gasteiger partial charge on any atom is -0.465 e.